The molecule has 1 saturated heterocycles. The highest BCUT2D eigenvalue weighted by Crippen LogP contribution is 2.20. The van der Waals surface area contributed by atoms with E-state index in [1.807, 2.05) is 0 Å². The van der Waals surface area contributed by atoms with Gasteiger partial charge in [-0.2, -0.15) is 0 Å². The van der Waals surface area contributed by atoms with Crippen LogP contribution in [-0.4, -0.2) is 41.6 Å². The Morgan fingerprint density at radius 3 is 2.67 bits per heavy atom. The molecule has 21 heavy (non-hydrogen) atoms. The van der Waals surface area contributed by atoms with Crippen LogP contribution in [0.5, 0.6) is 0 Å². The summed E-state index contributed by atoms with van der Waals surface area (Å²) in [5, 5.41) is 9.02. The predicted molar refractivity (Wildman–Crippen MR) is 77.6 cm³/mol. The molecule has 0 saturated carbocycles. The number of aliphatic hydroxyl groups excluding tert-OH is 1. The SMILES string of the molecule is CCOC(=O)C1CCCN(C(=O)c2ccc(CO)cc2)C1. The van der Waals surface area contributed by atoms with Gasteiger partial charge in [-0.15, -0.1) is 0 Å². The summed E-state index contributed by atoms with van der Waals surface area (Å²) >= 11 is 0. The third-order valence-electron chi connectivity index (χ3n) is 3.71. The summed E-state index contributed by atoms with van der Waals surface area (Å²) in [6.45, 7) is 3.19. The van der Waals surface area contributed by atoms with Crippen molar-refractivity contribution in [1.29, 1.82) is 0 Å². The zero-order valence-corrected chi connectivity index (χ0v) is 12.2. The van der Waals surface area contributed by atoms with Gasteiger partial charge in [-0.3, -0.25) is 9.59 Å². The van der Waals surface area contributed by atoms with Crippen molar-refractivity contribution < 1.29 is 19.4 Å². The maximum Gasteiger partial charge on any atom is 0.310 e. The Bertz CT molecular complexity index is 498. The highest BCUT2D eigenvalue weighted by molar-refractivity contribution is 5.94. The number of likely N-dealkylation sites (tertiary alicyclic amines) is 1. The molecular weight excluding hydrogens is 270 g/mol. The number of carbonyl (C=O) groups is 2. The lowest BCUT2D eigenvalue weighted by molar-refractivity contribution is -0.149. The third kappa shape index (κ3) is 3.82. The Morgan fingerprint density at radius 1 is 1.33 bits per heavy atom. The average Bonchev–Trinajstić information content (AvgIpc) is 2.54. The van der Waals surface area contributed by atoms with Gasteiger partial charge in [-0.25, -0.2) is 0 Å². The van der Waals surface area contributed by atoms with Crippen molar-refractivity contribution in [3.05, 3.63) is 35.4 Å². The number of amides is 1. The van der Waals surface area contributed by atoms with Crippen LogP contribution in [0.1, 0.15) is 35.7 Å². The van der Waals surface area contributed by atoms with E-state index in [4.69, 9.17) is 9.84 Å². The minimum atomic E-state index is -0.223. The lowest BCUT2D eigenvalue weighted by Gasteiger charge is -2.31. The molecule has 5 nitrogen and oxygen atoms in total. The number of aliphatic hydroxyl groups is 1. The van der Waals surface area contributed by atoms with Crippen LogP contribution in [0.15, 0.2) is 24.3 Å². The highest BCUT2D eigenvalue weighted by atomic mass is 16.5. The van der Waals surface area contributed by atoms with Crippen LogP contribution in [0.2, 0.25) is 0 Å². The lowest BCUT2D eigenvalue weighted by atomic mass is 9.97. The van der Waals surface area contributed by atoms with Gasteiger partial charge in [0.1, 0.15) is 0 Å². The number of nitrogens with zero attached hydrogens (tertiary/aromatic N) is 1. The quantitative estimate of drug-likeness (QED) is 0.856. The van der Waals surface area contributed by atoms with E-state index in [1.165, 1.54) is 0 Å². The van der Waals surface area contributed by atoms with Gasteiger partial charge in [0.25, 0.3) is 5.91 Å². The molecule has 0 aliphatic carbocycles. The van der Waals surface area contributed by atoms with Gasteiger partial charge in [0.15, 0.2) is 0 Å². The first kappa shape index (κ1) is 15.5. The number of carbonyl (C=O) groups excluding carboxylic acids is 2. The van der Waals surface area contributed by atoms with Crippen molar-refractivity contribution in [2.45, 2.75) is 26.4 Å². The molecule has 1 heterocycles. The Kier molecular flexibility index (Phi) is 5.33. The highest BCUT2D eigenvalue weighted by Gasteiger charge is 2.29. The second kappa shape index (κ2) is 7.22. The zero-order chi connectivity index (χ0) is 15.2. The van der Waals surface area contributed by atoms with Gasteiger partial charge in [0.05, 0.1) is 19.1 Å². The number of piperidine rings is 1. The van der Waals surface area contributed by atoms with Gasteiger partial charge in [-0.1, -0.05) is 12.1 Å². The summed E-state index contributed by atoms with van der Waals surface area (Å²) in [5.74, 6) is -0.515. The fraction of sp³-hybridized carbons (Fsp3) is 0.500. The van der Waals surface area contributed by atoms with Crippen LogP contribution < -0.4 is 0 Å². The Hall–Kier alpha value is -1.88. The van der Waals surface area contributed by atoms with Crippen molar-refractivity contribution >= 4 is 11.9 Å². The minimum Gasteiger partial charge on any atom is -0.466 e. The van der Waals surface area contributed by atoms with Gasteiger partial charge in [-0.05, 0) is 37.5 Å². The molecule has 1 aliphatic heterocycles. The number of rotatable bonds is 4. The average molecular weight is 291 g/mol. The summed E-state index contributed by atoms with van der Waals surface area (Å²) in [6, 6.07) is 6.89. The fourth-order valence-electron chi connectivity index (χ4n) is 2.55. The lowest BCUT2D eigenvalue weighted by Crippen LogP contribution is -2.42. The number of benzene rings is 1. The van der Waals surface area contributed by atoms with Crippen molar-refractivity contribution in [2.24, 2.45) is 5.92 Å². The molecule has 0 aromatic heterocycles. The molecule has 1 fully saturated rings. The maximum atomic E-state index is 12.4. The van der Waals surface area contributed by atoms with E-state index in [0.717, 1.165) is 18.4 Å². The van der Waals surface area contributed by atoms with Crippen LogP contribution in [0.3, 0.4) is 0 Å². The van der Waals surface area contributed by atoms with E-state index in [1.54, 1.807) is 36.1 Å². The van der Waals surface area contributed by atoms with E-state index in [-0.39, 0.29) is 24.4 Å². The predicted octanol–water partition coefficient (Wildman–Crippen LogP) is 1.59. The van der Waals surface area contributed by atoms with E-state index in [0.29, 0.717) is 25.3 Å². The summed E-state index contributed by atoms with van der Waals surface area (Å²) in [6.07, 6.45) is 1.58. The summed E-state index contributed by atoms with van der Waals surface area (Å²) in [4.78, 5) is 25.9. The van der Waals surface area contributed by atoms with Crippen LogP contribution in [0, 0.1) is 5.92 Å². The summed E-state index contributed by atoms with van der Waals surface area (Å²) < 4.78 is 5.04. The van der Waals surface area contributed by atoms with Crippen molar-refractivity contribution in [3.63, 3.8) is 0 Å². The summed E-state index contributed by atoms with van der Waals surface area (Å²) in [7, 11) is 0. The molecule has 0 bridgehead atoms. The van der Waals surface area contributed by atoms with E-state index >= 15 is 0 Å². The molecule has 0 spiro atoms. The summed E-state index contributed by atoms with van der Waals surface area (Å²) in [5.41, 5.74) is 1.35. The molecule has 5 heteroatoms. The fourth-order valence-corrected chi connectivity index (χ4v) is 2.55. The Morgan fingerprint density at radius 2 is 2.05 bits per heavy atom. The molecule has 1 aromatic carbocycles. The topological polar surface area (TPSA) is 66.8 Å². The van der Waals surface area contributed by atoms with Crippen molar-refractivity contribution in [1.82, 2.24) is 4.90 Å². The van der Waals surface area contributed by atoms with Crippen LogP contribution in [0.25, 0.3) is 0 Å². The van der Waals surface area contributed by atoms with Crippen LogP contribution >= 0.6 is 0 Å². The largest absolute Gasteiger partial charge is 0.466 e. The van der Waals surface area contributed by atoms with Gasteiger partial charge < -0.3 is 14.7 Å². The molecular formula is C16H21NO4. The van der Waals surface area contributed by atoms with Gasteiger partial charge in [0.2, 0.25) is 0 Å². The Labute approximate surface area is 124 Å². The molecule has 1 amide bonds. The smallest absolute Gasteiger partial charge is 0.310 e. The van der Waals surface area contributed by atoms with Crippen molar-refractivity contribution in [2.75, 3.05) is 19.7 Å². The number of esters is 1. The molecule has 2 rings (SSSR count). The molecule has 1 unspecified atom stereocenters. The first-order valence-corrected chi connectivity index (χ1v) is 7.31. The monoisotopic (exact) mass is 291 g/mol. The molecule has 1 aromatic rings. The zero-order valence-electron chi connectivity index (χ0n) is 12.2. The first-order chi connectivity index (χ1) is 10.2. The molecule has 0 radical (unpaired) electrons. The van der Waals surface area contributed by atoms with E-state index in [9.17, 15) is 9.59 Å². The van der Waals surface area contributed by atoms with Crippen LogP contribution in [-0.2, 0) is 16.1 Å². The Balaban J connectivity index is 2.02. The minimum absolute atomic E-state index is 0.0386. The molecule has 1 aliphatic rings. The molecule has 1 N–H and O–H groups in total. The number of hydrogen-bond donors (Lipinski definition) is 1. The molecule has 114 valence electrons. The maximum absolute atomic E-state index is 12.4. The number of hydrogen-bond acceptors (Lipinski definition) is 4. The first-order valence-electron chi connectivity index (χ1n) is 7.31. The van der Waals surface area contributed by atoms with Gasteiger partial charge >= 0.3 is 5.97 Å². The molecule has 1 atom stereocenters. The second-order valence-electron chi connectivity index (χ2n) is 5.20. The third-order valence-corrected chi connectivity index (χ3v) is 3.71. The van der Waals surface area contributed by atoms with E-state index in [2.05, 4.69) is 0 Å². The van der Waals surface area contributed by atoms with Gasteiger partial charge in [0, 0.05) is 18.7 Å². The standard InChI is InChI=1S/C16H21NO4/c1-2-21-16(20)14-4-3-9-17(10-14)15(19)13-7-5-12(11-18)6-8-13/h5-8,14,18H,2-4,9-11H2,1H3. The van der Waals surface area contributed by atoms with Crippen molar-refractivity contribution in [3.8, 4) is 0 Å². The number of ether oxygens (including phenoxy) is 1. The van der Waals surface area contributed by atoms with Crippen LogP contribution in [0.4, 0.5) is 0 Å². The second-order valence-corrected chi connectivity index (χ2v) is 5.20. The normalized spacial score (nSPS) is 18.4. The van der Waals surface area contributed by atoms with E-state index < -0.39 is 0 Å².